The first-order chi connectivity index (χ1) is 9.99. The quantitative estimate of drug-likeness (QED) is 0.900. The van der Waals surface area contributed by atoms with Gasteiger partial charge < -0.3 is 5.73 Å². The first kappa shape index (κ1) is 14.8. The van der Waals surface area contributed by atoms with Gasteiger partial charge in [-0.05, 0) is 25.7 Å². The molecule has 0 aliphatic heterocycles. The lowest BCUT2D eigenvalue weighted by atomic mass is 9.85. The van der Waals surface area contributed by atoms with Gasteiger partial charge in [-0.3, -0.25) is 4.40 Å². The fraction of sp³-hybridized carbons (Fsp3) is 0.615. The van der Waals surface area contributed by atoms with Crippen molar-refractivity contribution in [1.29, 1.82) is 0 Å². The van der Waals surface area contributed by atoms with E-state index in [0.29, 0.717) is 10.9 Å². The van der Waals surface area contributed by atoms with Crippen molar-refractivity contribution in [3.05, 3.63) is 11.6 Å². The number of rotatable bonds is 4. The second kappa shape index (κ2) is 5.58. The van der Waals surface area contributed by atoms with Crippen molar-refractivity contribution in [1.82, 2.24) is 14.1 Å². The first-order valence-electron chi connectivity index (χ1n) is 7.22. The number of hydrogen-bond donors (Lipinski definition) is 2. The molecule has 1 fully saturated rings. The Balaban J connectivity index is 1.86. The van der Waals surface area contributed by atoms with E-state index in [2.05, 4.69) is 9.71 Å². The third-order valence-corrected chi connectivity index (χ3v) is 6.55. The minimum atomic E-state index is -3.66. The Bertz CT molecular complexity index is 729. The SMILES string of the molecule is CC(NS(=O)(=O)c1c(N)nc2sccn12)C1CCCCC1. The van der Waals surface area contributed by atoms with E-state index in [0.717, 1.165) is 12.8 Å². The molecule has 1 aliphatic rings. The summed E-state index contributed by atoms with van der Waals surface area (Å²) in [6, 6.07) is -0.0844. The highest BCUT2D eigenvalue weighted by molar-refractivity contribution is 7.89. The normalized spacial score (nSPS) is 19.1. The first-order valence-corrected chi connectivity index (χ1v) is 9.58. The highest BCUT2D eigenvalue weighted by Gasteiger charge is 2.29. The number of fused-ring (bicyclic) bond motifs is 1. The lowest BCUT2D eigenvalue weighted by molar-refractivity contribution is 0.303. The van der Waals surface area contributed by atoms with E-state index in [9.17, 15) is 8.42 Å². The Morgan fingerprint density at radius 1 is 1.43 bits per heavy atom. The largest absolute Gasteiger partial charge is 0.381 e. The molecule has 2 aromatic rings. The highest BCUT2D eigenvalue weighted by atomic mass is 32.2. The molecule has 6 nitrogen and oxygen atoms in total. The molecule has 2 heterocycles. The number of sulfonamides is 1. The number of aromatic nitrogens is 2. The third-order valence-electron chi connectivity index (χ3n) is 4.20. The van der Waals surface area contributed by atoms with Gasteiger partial charge in [-0.1, -0.05) is 19.3 Å². The number of nitrogens with zero attached hydrogens (tertiary/aromatic N) is 2. The van der Waals surface area contributed by atoms with Crippen LogP contribution >= 0.6 is 11.3 Å². The van der Waals surface area contributed by atoms with E-state index in [1.54, 1.807) is 11.6 Å². The van der Waals surface area contributed by atoms with Gasteiger partial charge in [0.05, 0.1) is 0 Å². The van der Waals surface area contributed by atoms with Gasteiger partial charge in [0.2, 0.25) is 0 Å². The molecule has 3 rings (SSSR count). The predicted octanol–water partition coefficient (Wildman–Crippen LogP) is 2.23. The fourth-order valence-electron chi connectivity index (χ4n) is 3.08. The maximum atomic E-state index is 12.6. The molecule has 2 aromatic heterocycles. The maximum absolute atomic E-state index is 12.6. The second-order valence-corrected chi connectivity index (χ2v) is 8.17. The fourth-order valence-corrected chi connectivity index (χ4v) is 5.38. The van der Waals surface area contributed by atoms with E-state index >= 15 is 0 Å². The van der Waals surface area contributed by atoms with Crippen molar-refractivity contribution < 1.29 is 8.42 Å². The van der Waals surface area contributed by atoms with Crippen LogP contribution in [0.15, 0.2) is 16.6 Å². The van der Waals surface area contributed by atoms with Gasteiger partial charge in [0.25, 0.3) is 10.0 Å². The molecule has 21 heavy (non-hydrogen) atoms. The number of anilines is 1. The van der Waals surface area contributed by atoms with Gasteiger partial charge in [0, 0.05) is 17.6 Å². The van der Waals surface area contributed by atoms with Crippen LogP contribution in [-0.4, -0.2) is 23.8 Å². The molecule has 0 spiro atoms. The van der Waals surface area contributed by atoms with E-state index in [-0.39, 0.29) is 16.9 Å². The van der Waals surface area contributed by atoms with Crippen LogP contribution in [0, 0.1) is 5.92 Å². The zero-order valence-electron chi connectivity index (χ0n) is 11.9. The van der Waals surface area contributed by atoms with Crippen molar-refractivity contribution in [2.24, 2.45) is 5.92 Å². The van der Waals surface area contributed by atoms with Crippen LogP contribution in [-0.2, 0) is 10.0 Å². The second-order valence-electron chi connectivity index (χ2n) is 5.67. The minimum Gasteiger partial charge on any atom is -0.381 e. The molecule has 1 aliphatic carbocycles. The van der Waals surface area contributed by atoms with Gasteiger partial charge >= 0.3 is 0 Å². The number of nitrogen functional groups attached to an aromatic ring is 1. The number of nitrogens with two attached hydrogens (primary N) is 1. The Kier molecular flexibility index (Phi) is 3.94. The summed E-state index contributed by atoms with van der Waals surface area (Å²) in [5, 5.41) is 1.85. The van der Waals surface area contributed by atoms with E-state index in [4.69, 9.17) is 5.73 Å². The molecule has 0 aromatic carbocycles. The minimum absolute atomic E-state index is 0.0569. The number of hydrogen-bond acceptors (Lipinski definition) is 5. The van der Waals surface area contributed by atoms with Crippen LogP contribution in [0.25, 0.3) is 4.96 Å². The zero-order chi connectivity index (χ0) is 15.0. The average Bonchev–Trinajstić information content (AvgIpc) is 2.98. The van der Waals surface area contributed by atoms with Crippen LogP contribution in [0.2, 0.25) is 0 Å². The average molecular weight is 328 g/mol. The van der Waals surface area contributed by atoms with Gasteiger partial charge in [0.15, 0.2) is 15.8 Å². The molecular formula is C13H20N4O2S2. The molecule has 0 radical (unpaired) electrons. The molecule has 1 unspecified atom stereocenters. The molecule has 3 N–H and O–H groups in total. The summed E-state index contributed by atoms with van der Waals surface area (Å²) in [6.45, 7) is 1.94. The smallest absolute Gasteiger partial charge is 0.260 e. The molecule has 0 saturated heterocycles. The standard InChI is InChI=1S/C13H20N4O2S2/c1-9(10-5-3-2-4-6-10)16-21(18,19)12-11(14)15-13-17(12)7-8-20-13/h7-10,16H,2-6,14H2,1H3. The lowest BCUT2D eigenvalue weighted by Crippen LogP contribution is -2.39. The summed E-state index contributed by atoms with van der Waals surface area (Å²) < 4.78 is 29.6. The lowest BCUT2D eigenvalue weighted by Gasteiger charge is -2.27. The van der Waals surface area contributed by atoms with Crippen LogP contribution in [0.5, 0.6) is 0 Å². The van der Waals surface area contributed by atoms with Gasteiger partial charge in [0.1, 0.15) is 0 Å². The number of nitrogens with one attached hydrogen (secondary N) is 1. The molecule has 8 heteroatoms. The Hall–Kier alpha value is -1.12. The molecule has 0 bridgehead atoms. The van der Waals surface area contributed by atoms with Gasteiger partial charge in [-0.15, -0.1) is 11.3 Å². The number of thiazole rings is 1. The number of imidazole rings is 1. The van der Waals surface area contributed by atoms with Gasteiger partial charge in [-0.2, -0.15) is 0 Å². The molecule has 1 atom stereocenters. The summed E-state index contributed by atoms with van der Waals surface area (Å²) in [5.74, 6) is 0.464. The van der Waals surface area contributed by atoms with Crippen LogP contribution < -0.4 is 10.5 Å². The Labute approximate surface area is 128 Å². The van der Waals surface area contributed by atoms with Crippen LogP contribution in [0.1, 0.15) is 39.0 Å². The van der Waals surface area contributed by atoms with E-state index < -0.39 is 10.0 Å². The molecule has 0 amide bonds. The molecule has 1 saturated carbocycles. The zero-order valence-corrected chi connectivity index (χ0v) is 13.6. The Morgan fingerprint density at radius 2 is 2.14 bits per heavy atom. The summed E-state index contributed by atoms with van der Waals surface area (Å²) in [5.41, 5.74) is 5.79. The Morgan fingerprint density at radius 3 is 2.86 bits per heavy atom. The topological polar surface area (TPSA) is 89.5 Å². The van der Waals surface area contributed by atoms with Crippen molar-refractivity contribution >= 4 is 32.1 Å². The van der Waals surface area contributed by atoms with E-state index in [1.807, 2.05) is 6.92 Å². The molecule has 116 valence electrons. The summed E-state index contributed by atoms with van der Waals surface area (Å²) in [7, 11) is -3.66. The summed E-state index contributed by atoms with van der Waals surface area (Å²) in [6.07, 6.45) is 7.46. The maximum Gasteiger partial charge on any atom is 0.260 e. The predicted molar refractivity (Wildman–Crippen MR) is 83.8 cm³/mol. The van der Waals surface area contributed by atoms with Crippen molar-refractivity contribution in [3.8, 4) is 0 Å². The van der Waals surface area contributed by atoms with Crippen LogP contribution in [0.4, 0.5) is 5.82 Å². The summed E-state index contributed by atoms with van der Waals surface area (Å²) in [4.78, 5) is 4.69. The summed E-state index contributed by atoms with van der Waals surface area (Å²) >= 11 is 1.37. The highest BCUT2D eigenvalue weighted by Crippen LogP contribution is 2.28. The van der Waals surface area contributed by atoms with Gasteiger partial charge in [-0.25, -0.2) is 18.1 Å². The third kappa shape index (κ3) is 2.79. The van der Waals surface area contributed by atoms with Crippen molar-refractivity contribution in [2.45, 2.75) is 50.1 Å². The van der Waals surface area contributed by atoms with E-state index in [1.165, 1.54) is 35.0 Å². The molecular weight excluding hydrogens is 308 g/mol. The van der Waals surface area contributed by atoms with Crippen molar-refractivity contribution in [3.63, 3.8) is 0 Å². The van der Waals surface area contributed by atoms with Crippen molar-refractivity contribution in [2.75, 3.05) is 5.73 Å². The monoisotopic (exact) mass is 328 g/mol. The van der Waals surface area contributed by atoms with Crippen LogP contribution in [0.3, 0.4) is 0 Å².